The first-order valence-corrected chi connectivity index (χ1v) is 5.96. The van der Waals surface area contributed by atoms with E-state index in [2.05, 4.69) is 0 Å². The van der Waals surface area contributed by atoms with Crippen LogP contribution in [-0.2, 0) is 11.2 Å². The first-order valence-electron chi connectivity index (χ1n) is 5.96. The fourth-order valence-corrected chi connectivity index (χ4v) is 1.76. The molecule has 0 atom stereocenters. The molecule has 0 spiro atoms. The average Bonchev–Trinajstić information content (AvgIpc) is 2.47. The summed E-state index contributed by atoms with van der Waals surface area (Å²) in [5.41, 5.74) is 1.23. The normalized spacial score (nSPS) is 9.95. The summed E-state index contributed by atoms with van der Waals surface area (Å²) in [4.78, 5) is 23.8. The van der Waals surface area contributed by atoms with Gasteiger partial charge in [0.1, 0.15) is 5.75 Å². The van der Waals surface area contributed by atoms with Gasteiger partial charge in [0.15, 0.2) is 0 Å². The van der Waals surface area contributed by atoms with Gasteiger partial charge in [0.2, 0.25) is 11.6 Å². The summed E-state index contributed by atoms with van der Waals surface area (Å²) in [7, 11) is 1.55. The van der Waals surface area contributed by atoms with Gasteiger partial charge in [-0.1, -0.05) is 30.3 Å². The van der Waals surface area contributed by atoms with Crippen molar-refractivity contribution in [3.8, 4) is 5.75 Å². The van der Waals surface area contributed by atoms with E-state index in [1.54, 1.807) is 31.4 Å². The molecule has 96 valence electrons. The number of carbonyl (C=O) groups excluding carboxylic acids is 2. The molecule has 0 aliphatic rings. The Balaban J connectivity index is 2.08. The van der Waals surface area contributed by atoms with Crippen LogP contribution in [0.1, 0.15) is 15.9 Å². The maximum Gasteiger partial charge on any atom is 0.228 e. The second-order valence-corrected chi connectivity index (χ2v) is 4.14. The largest absolute Gasteiger partial charge is 0.497 e. The Morgan fingerprint density at radius 2 is 1.58 bits per heavy atom. The van der Waals surface area contributed by atoms with E-state index in [1.807, 2.05) is 30.3 Å². The predicted octanol–water partition coefficient (Wildman–Crippen LogP) is 2.69. The number of rotatable bonds is 5. The van der Waals surface area contributed by atoms with Crippen LogP contribution in [0.15, 0.2) is 54.6 Å². The molecule has 0 aliphatic heterocycles. The topological polar surface area (TPSA) is 43.4 Å². The molecule has 2 rings (SSSR count). The van der Waals surface area contributed by atoms with E-state index >= 15 is 0 Å². The third kappa shape index (κ3) is 3.28. The van der Waals surface area contributed by atoms with Gasteiger partial charge in [0, 0.05) is 12.0 Å². The van der Waals surface area contributed by atoms with Crippen molar-refractivity contribution in [1.29, 1.82) is 0 Å². The minimum Gasteiger partial charge on any atom is -0.497 e. The molecule has 3 nitrogen and oxygen atoms in total. The summed E-state index contributed by atoms with van der Waals surface area (Å²) in [5.74, 6) is -0.213. The van der Waals surface area contributed by atoms with Crippen LogP contribution >= 0.6 is 0 Å². The zero-order valence-electron chi connectivity index (χ0n) is 10.6. The summed E-state index contributed by atoms with van der Waals surface area (Å²) in [6.07, 6.45) is 0.131. The standard InChI is InChI=1S/C16H14O3/c1-19-14-9-7-13(8-10-14)16(18)15(17)11-12-5-3-2-4-6-12/h2-10H,11H2,1H3. The van der Waals surface area contributed by atoms with Crippen molar-refractivity contribution in [2.75, 3.05) is 7.11 Å². The first-order chi connectivity index (χ1) is 9.20. The molecule has 0 aliphatic carbocycles. The summed E-state index contributed by atoms with van der Waals surface area (Å²) >= 11 is 0. The number of hydrogen-bond acceptors (Lipinski definition) is 3. The molecular weight excluding hydrogens is 240 g/mol. The van der Waals surface area contributed by atoms with Crippen LogP contribution in [-0.4, -0.2) is 18.7 Å². The predicted molar refractivity (Wildman–Crippen MR) is 72.5 cm³/mol. The molecule has 2 aromatic carbocycles. The van der Waals surface area contributed by atoms with E-state index in [-0.39, 0.29) is 6.42 Å². The number of Topliss-reactive ketones (excluding diaryl/α,β-unsaturated/α-hetero) is 2. The van der Waals surface area contributed by atoms with Crippen LogP contribution < -0.4 is 4.74 Å². The van der Waals surface area contributed by atoms with Crippen LogP contribution in [0.5, 0.6) is 5.75 Å². The van der Waals surface area contributed by atoms with Crippen molar-refractivity contribution in [2.24, 2.45) is 0 Å². The molecule has 0 radical (unpaired) electrons. The highest BCUT2D eigenvalue weighted by Crippen LogP contribution is 2.13. The van der Waals surface area contributed by atoms with E-state index < -0.39 is 11.6 Å². The average molecular weight is 254 g/mol. The van der Waals surface area contributed by atoms with Crippen molar-refractivity contribution >= 4 is 11.6 Å². The van der Waals surface area contributed by atoms with Crippen LogP contribution in [0.3, 0.4) is 0 Å². The highest BCUT2D eigenvalue weighted by molar-refractivity contribution is 6.44. The monoisotopic (exact) mass is 254 g/mol. The smallest absolute Gasteiger partial charge is 0.228 e. The summed E-state index contributed by atoms with van der Waals surface area (Å²) in [6, 6.07) is 15.8. The van der Waals surface area contributed by atoms with Gasteiger partial charge in [-0.15, -0.1) is 0 Å². The van der Waals surface area contributed by atoms with Gasteiger partial charge in [0.05, 0.1) is 7.11 Å². The first kappa shape index (κ1) is 13.0. The van der Waals surface area contributed by atoms with Crippen LogP contribution in [0, 0.1) is 0 Å². The second-order valence-electron chi connectivity index (χ2n) is 4.14. The number of benzene rings is 2. The number of ketones is 2. The molecule has 0 amide bonds. The van der Waals surface area contributed by atoms with Crippen molar-refractivity contribution in [3.63, 3.8) is 0 Å². The van der Waals surface area contributed by atoms with E-state index in [9.17, 15) is 9.59 Å². The quantitative estimate of drug-likeness (QED) is 0.608. The highest BCUT2D eigenvalue weighted by atomic mass is 16.5. The molecule has 0 bridgehead atoms. The lowest BCUT2D eigenvalue weighted by Crippen LogP contribution is -2.16. The zero-order chi connectivity index (χ0) is 13.7. The molecule has 0 N–H and O–H groups in total. The SMILES string of the molecule is COc1ccc(C(=O)C(=O)Cc2ccccc2)cc1. The van der Waals surface area contributed by atoms with Crippen LogP contribution in [0.2, 0.25) is 0 Å². The van der Waals surface area contributed by atoms with Crippen molar-refractivity contribution in [1.82, 2.24) is 0 Å². The summed E-state index contributed by atoms with van der Waals surface area (Å²) < 4.78 is 5.01. The minimum atomic E-state index is -0.466. The molecule has 0 unspecified atom stereocenters. The van der Waals surface area contributed by atoms with E-state index in [0.717, 1.165) is 5.56 Å². The lowest BCUT2D eigenvalue weighted by Gasteiger charge is -2.03. The Hall–Kier alpha value is -2.42. The summed E-state index contributed by atoms with van der Waals surface area (Å²) in [6.45, 7) is 0. The van der Waals surface area contributed by atoms with E-state index in [4.69, 9.17) is 4.74 Å². The van der Waals surface area contributed by atoms with Gasteiger partial charge in [0.25, 0.3) is 0 Å². The molecule has 0 saturated carbocycles. The fourth-order valence-electron chi connectivity index (χ4n) is 1.76. The molecule has 19 heavy (non-hydrogen) atoms. The molecular formula is C16H14O3. The van der Waals surface area contributed by atoms with Crippen molar-refractivity contribution in [3.05, 3.63) is 65.7 Å². The van der Waals surface area contributed by atoms with Gasteiger partial charge in [-0.3, -0.25) is 9.59 Å². The number of methoxy groups -OCH3 is 1. The maximum atomic E-state index is 12.0. The second kappa shape index (κ2) is 5.96. The molecule has 0 aromatic heterocycles. The van der Waals surface area contributed by atoms with E-state index in [1.165, 1.54) is 0 Å². The summed E-state index contributed by atoms with van der Waals surface area (Å²) in [5, 5.41) is 0. The van der Waals surface area contributed by atoms with E-state index in [0.29, 0.717) is 11.3 Å². The Morgan fingerprint density at radius 3 is 2.16 bits per heavy atom. The Bertz CT molecular complexity index is 571. The number of hydrogen-bond donors (Lipinski definition) is 0. The third-order valence-electron chi connectivity index (χ3n) is 2.81. The zero-order valence-corrected chi connectivity index (χ0v) is 10.6. The van der Waals surface area contributed by atoms with Gasteiger partial charge in [-0.25, -0.2) is 0 Å². The molecule has 0 fully saturated rings. The number of carbonyl (C=O) groups is 2. The van der Waals surface area contributed by atoms with Crippen molar-refractivity contribution in [2.45, 2.75) is 6.42 Å². The number of ether oxygens (including phenoxy) is 1. The lowest BCUT2D eigenvalue weighted by atomic mass is 10.0. The van der Waals surface area contributed by atoms with Gasteiger partial charge in [-0.2, -0.15) is 0 Å². The van der Waals surface area contributed by atoms with Crippen LogP contribution in [0.25, 0.3) is 0 Å². The lowest BCUT2D eigenvalue weighted by molar-refractivity contribution is -0.114. The molecule has 0 saturated heterocycles. The Morgan fingerprint density at radius 1 is 0.947 bits per heavy atom. The maximum absolute atomic E-state index is 12.0. The Labute approximate surface area is 111 Å². The third-order valence-corrected chi connectivity index (χ3v) is 2.81. The van der Waals surface area contributed by atoms with Gasteiger partial charge < -0.3 is 4.74 Å². The molecule has 0 heterocycles. The molecule has 3 heteroatoms. The fraction of sp³-hybridized carbons (Fsp3) is 0.125. The highest BCUT2D eigenvalue weighted by Gasteiger charge is 2.16. The van der Waals surface area contributed by atoms with Gasteiger partial charge >= 0.3 is 0 Å². The Kier molecular flexibility index (Phi) is 4.08. The van der Waals surface area contributed by atoms with Crippen LogP contribution in [0.4, 0.5) is 0 Å². The van der Waals surface area contributed by atoms with Gasteiger partial charge in [-0.05, 0) is 29.8 Å². The molecule has 2 aromatic rings. The van der Waals surface area contributed by atoms with Crippen molar-refractivity contribution < 1.29 is 14.3 Å². The minimum absolute atomic E-state index is 0.131.